The van der Waals surface area contributed by atoms with Gasteiger partial charge in [0, 0.05) is 5.56 Å². The highest BCUT2D eigenvalue weighted by atomic mass is 16.3. The minimum absolute atomic E-state index is 0.489. The molecule has 84 valence electrons. The second-order valence-electron chi connectivity index (χ2n) is 5.17. The molecular formula is C16H14O. The van der Waals surface area contributed by atoms with Crippen molar-refractivity contribution in [2.75, 3.05) is 0 Å². The molecule has 0 spiro atoms. The van der Waals surface area contributed by atoms with E-state index in [9.17, 15) is 5.11 Å². The predicted octanol–water partition coefficient (Wildman–Crippen LogP) is 3.57. The van der Waals surface area contributed by atoms with Gasteiger partial charge in [0.05, 0.1) is 0 Å². The van der Waals surface area contributed by atoms with Gasteiger partial charge in [-0.15, -0.1) is 0 Å². The third-order valence-corrected chi connectivity index (χ3v) is 4.17. The Hall–Kier alpha value is -1.76. The zero-order chi connectivity index (χ0) is 11.4. The van der Waals surface area contributed by atoms with Crippen LogP contribution in [-0.4, -0.2) is 5.11 Å². The molecule has 1 fully saturated rings. The Morgan fingerprint density at radius 3 is 2.65 bits per heavy atom. The maximum absolute atomic E-state index is 10.1. The molecule has 2 aromatic carbocycles. The number of phenols is 1. The SMILES string of the molecule is Oc1cccc2c1C1CC1c1ccccc1C2. The van der Waals surface area contributed by atoms with E-state index in [0.717, 1.165) is 6.42 Å². The summed E-state index contributed by atoms with van der Waals surface area (Å²) in [6.07, 6.45) is 2.16. The van der Waals surface area contributed by atoms with E-state index in [1.54, 1.807) is 0 Å². The number of rotatable bonds is 0. The average molecular weight is 222 g/mol. The fraction of sp³-hybridized carbons (Fsp3) is 0.250. The Kier molecular flexibility index (Phi) is 1.71. The molecule has 0 amide bonds. The molecule has 17 heavy (non-hydrogen) atoms. The summed E-state index contributed by atoms with van der Waals surface area (Å²) in [4.78, 5) is 0. The molecule has 2 aliphatic carbocycles. The highest BCUT2D eigenvalue weighted by molar-refractivity contribution is 5.54. The molecule has 1 N–H and O–H groups in total. The highest BCUT2D eigenvalue weighted by Gasteiger charge is 2.44. The van der Waals surface area contributed by atoms with Gasteiger partial charge in [-0.05, 0) is 47.4 Å². The topological polar surface area (TPSA) is 20.2 Å². The van der Waals surface area contributed by atoms with E-state index < -0.39 is 0 Å². The van der Waals surface area contributed by atoms with E-state index in [0.29, 0.717) is 17.6 Å². The molecule has 0 heterocycles. The van der Waals surface area contributed by atoms with Gasteiger partial charge in [-0.25, -0.2) is 0 Å². The van der Waals surface area contributed by atoms with Gasteiger partial charge in [0.25, 0.3) is 0 Å². The van der Waals surface area contributed by atoms with Crippen molar-refractivity contribution in [3.63, 3.8) is 0 Å². The van der Waals surface area contributed by atoms with Crippen molar-refractivity contribution in [2.45, 2.75) is 24.7 Å². The van der Waals surface area contributed by atoms with Crippen LogP contribution in [0.3, 0.4) is 0 Å². The quantitative estimate of drug-likeness (QED) is 0.722. The molecule has 1 heteroatoms. The number of aromatic hydroxyl groups is 1. The van der Waals surface area contributed by atoms with E-state index >= 15 is 0 Å². The van der Waals surface area contributed by atoms with Crippen LogP contribution in [0.25, 0.3) is 0 Å². The van der Waals surface area contributed by atoms with Crippen LogP contribution in [0.2, 0.25) is 0 Å². The zero-order valence-electron chi connectivity index (χ0n) is 9.56. The summed E-state index contributed by atoms with van der Waals surface area (Å²) in [5.74, 6) is 1.68. The Bertz CT molecular complexity index is 600. The second-order valence-corrected chi connectivity index (χ2v) is 5.17. The smallest absolute Gasteiger partial charge is 0.119 e. The number of fused-ring (bicyclic) bond motifs is 5. The number of hydrogen-bond donors (Lipinski definition) is 1. The molecule has 1 saturated carbocycles. The molecule has 4 rings (SSSR count). The molecule has 2 atom stereocenters. The lowest BCUT2D eigenvalue weighted by Crippen LogP contribution is -1.93. The van der Waals surface area contributed by atoms with Crippen LogP contribution in [0.5, 0.6) is 5.75 Å². The first kappa shape index (κ1) is 9.29. The lowest BCUT2D eigenvalue weighted by atomic mass is 9.97. The summed E-state index contributed by atoms with van der Waals surface area (Å²) in [6.45, 7) is 0. The van der Waals surface area contributed by atoms with Gasteiger partial charge >= 0.3 is 0 Å². The van der Waals surface area contributed by atoms with Gasteiger partial charge in [-0.3, -0.25) is 0 Å². The van der Waals surface area contributed by atoms with Crippen LogP contribution in [0.15, 0.2) is 42.5 Å². The number of hydrogen-bond acceptors (Lipinski definition) is 1. The second kappa shape index (κ2) is 3.13. The maximum atomic E-state index is 10.1. The van der Waals surface area contributed by atoms with E-state index in [1.807, 2.05) is 12.1 Å². The summed E-state index contributed by atoms with van der Waals surface area (Å²) in [6, 6.07) is 14.7. The molecule has 0 aliphatic heterocycles. The largest absolute Gasteiger partial charge is 0.508 e. The summed E-state index contributed by atoms with van der Waals surface area (Å²) in [5.41, 5.74) is 5.44. The van der Waals surface area contributed by atoms with Crippen molar-refractivity contribution in [1.82, 2.24) is 0 Å². The summed E-state index contributed by atoms with van der Waals surface area (Å²) in [5, 5.41) is 10.1. The monoisotopic (exact) mass is 222 g/mol. The minimum Gasteiger partial charge on any atom is -0.508 e. The van der Waals surface area contributed by atoms with Crippen LogP contribution in [0.4, 0.5) is 0 Å². The third-order valence-electron chi connectivity index (χ3n) is 4.17. The first-order valence-corrected chi connectivity index (χ1v) is 6.23. The van der Waals surface area contributed by atoms with Crippen molar-refractivity contribution >= 4 is 0 Å². The molecular weight excluding hydrogens is 208 g/mol. The van der Waals surface area contributed by atoms with E-state index in [4.69, 9.17) is 0 Å². The fourth-order valence-corrected chi connectivity index (χ4v) is 3.30. The zero-order valence-corrected chi connectivity index (χ0v) is 9.56. The van der Waals surface area contributed by atoms with E-state index in [1.165, 1.54) is 28.7 Å². The van der Waals surface area contributed by atoms with E-state index in [2.05, 4.69) is 30.3 Å². The van der Waals surface area contributed by atoms with Crippen molar-refractivity contribution in [1.29, 1.82) is 0 Å². The molecule has 2 aliphatic rings. The molecule has 2 aromatic rings. The highest BCUT2D eigenvalue weighted by Crippen LogP contribution is 2.59. The van der Waals surface area contributed by atoms with Gasteiger partial charge in [0.1, 0.15) is 5.75 Å². The molecule has 0 saturated heterocycles. The van der Waals surface area contributed by atoms with Crippen LogP contribution < -0.4 is 0 Å². The predicted molar refractivity (Wildman–Crippen MR) is 67.5 cm³/mol. The lowest BCUT2D eigenvalue weighted by molar-refractivity contribution is 0.467. The van der Waals surface area contributed by atoms with Gasteiger partial charge in [-0.2, -0.15) is 0 Å². The van der Waals surface area contributed by atoms with Crippen molar-refractivity contribution in [3.8, 4) is 5.75 Å². The Balaban J connectivity index is 1.95. The molecule has 0 radical (unpaired) electrons. The fourth-order valence-electron chi connectivity index (χ4n) is 3.30. The van der Waals surface area contributed by atoms with Gasteiger partial charge in [0.15, 0.2) is 0 Å². The van der Waals surface area contributed by atoms with Crippen molar-refractivity contribution in [3.05, 3.63) is 64.7 Å². The van der Waals surface area contributed by atoms with Crippen molar-refractivity contribution in [2.24, 2.45) is 0 Å². The summed E-state index contributed by atoms with van der Waals surface area (Å²) >= 11 is 0. The van der Waals surface area contributed by atoms with Gasteiger partial charge < -0.3 is 5.11 Å². The van der Waals surface area contributed by atoms with Crippen LogP contribution in [-0.2, 0) is 6.42 Å². The first-order chi connectivity index (χ1) is 8.34. The number of phenolic OH excluding ortho intramolecular Hbond substituents is 1. The van der Waals surface area contributed by atoms with Crippen LogP contribution in [0.1, 0.15) is 40.5 Å². The van der Waals surface area contributed by atoms with Gasteiger partial charge in [-0.1, -0.05) is 36.4 Å². The minimum atomic E-state index is 0.489. The molecule has 0 bridgehead atoms. The van der Waals surface area contributed by atoms with Crippen LogP contribution in [0, 0.1) is 0 Å². The number of benzene rings is 2. The van der Waals surface area contributed by atoms with Crippen LogP contribution >= 0.6 is 0 Å². The van der Waals surface area contributed by atoms with Crippen molar-refractivity contribution < 1.29 is 5.11 Å². The Morgan fingerprint density at radius 2 is 1.71 bits per heavy atom. The first-order valence-electron chi connectivity index (χ1n) is 6.23. The lowest BCUT2D eigenvalue weighted by Gasteiger charge is -2.09. The average Bonchev–Trinajstić information content (AvgIpc) is 3.09. The summed E-state index contributed by atoms with van der Waals surface area (Å²) in [7, 11) is 0. The molecule has 1 nitrogen and oxygen atoms in total. The normalized spacial score (nSPS) is 24.2. The third kappa shape index (κ3) is 1.25. The van der Waals surface area contributed by atoms with E-state index in [-0.39, 0.29) is 0 Å². The standard InChI is InChI=1S/C16H14O/c17-15-7-3-5-11-8-10-4-1-2-6-12(10)13-9-14(13)16(11)15/h1-7,13-14,17H,8-9H2. The van der Waals surface area contributed by atoms with Gasteiger partial charge in [0.2, 0.25) is 0 Å². The molecule has 2 unspecified atom stereocenters. The summed E-state index contributed by atoms with van der Waals surface area (Å²) < 4.78 is 0. The maximum Gasteiger partial charge on any atom is 0.119 e. The Labute approximate surface area is 101 Å². The Morgan fingerprint density at radius 1 is 0.882 bits per heavy atom. The molecule has 0 aromatic heterocycles.